The number of carbonyl (C=O) groups excluding carboxylic acids is 2. The van der Waals surface area contributed by atoms with E-state index >= 15 is 0 Å². The molecule has 2 aliphatic heterocycles. The van der Waals surface area contributed by atoms with Gasteiger partial charge in [-0.05, 0) is 6.42 Å². The first-order chi connectivity index (χ1) is 23.5. The lowest BCUT2D eigenvalue weighted by Gasteiger charge is -2.43. The number of aliphatic carboxylic acids is 1. The number of unbranched alkanes of at least 4 members (excludes halogenated alkanes) is 14. The van der Waals surface area contributed by atoms with Crippen molar-refractivity contribution in [2.24, 2.45) is 0 Å². The zero-order valence-electron chi connectivity index (χ0n) is 28.6. The van der Waals surface area contributed by atoms with E-state index in [0.717, 1.165) is 25.7 Å². The molecule has 0 aromatic rings. The van der Waals surface area contributed by atoms with E-state index in [2.05, 4.69) is 6.92 Å². The first-order valence-electron chi connectivity index (χ1n) is 17.7. The van der Waals surface area contributed by atoms with E-state index in [4.69, 9.17) is 18.9 Å². The van der Waals surface area contributed by atoms with Crippen LogP contribution in [0.4, 0.5) is 0 Å². The Hall–Kier alpha value is -2.05. The topological polar surface area (TPSA) is 250 Å². The summed E-state index contributed by atoms with van der Waals surface area (Å²) < 4.78 is 21.4. The molecule has 0 bridgehead atoms. The number of carboxylic acid groups (broad SMARTS) is 1. The monoisotopic (exact) mass is 706 g/mol. The lowest BCUT2D eigenvalue weighted by atomic mass is 9.99. The number of hydrogen-bond donors (Lipinski definition) is 8. The molecule has 0 amide bonds. The number of hydrogen-bond acceptors (Lipinski definition) is 14. The molecule has 0 aromatic carbocycles. The van der Waals surface area contributed by atoms with Gasteiger partial charge in [-0.1, -0.05) is 96.8 Å². The normalized spacial score (nSPS) is 30.4. The highest BCUT2D eigenvalue weighted by atomic mass is 16.8. The third-order valence-corrected chi connectivity index (χ3v) is 9.08. The first-order valence-corrected chi connectivity index (χ1v) is 17.7. The third-order valence-electron chi connectivity index (χ3n) is 9.08. The summed E-state index contributed by atoms with van der Waals surface area (Å²) in [6.07, 6.45) is 2.93. The Bertz CT molecular complexity index is 1020. The molecule has 0 radical (unpaired) electrons. The number of Topliss-reactive ketones (excluding diaryl/α,β-unsaturated/α-hetero) is 1. The Balaban J connectivity index is 1.89. The van der Waals surface area contributed by atoms with Crippen molar-refractivity contribution in [3.05, 3.63) is 11.6 Å². The summed E-state index contributed by atoms with van der Waals surface area (Å²) in [4.78, 5) is 37.4. The molecular formula is C34H58O15. The highest BCUT2D eigenvalue weighted by molar-refractivity contribution is 6.19. The molecule has 0 spiro atoms. The molecule has 2 saturated heterocycles. The van der Waals surface area contributed by atoms with Gasteiger partial charge in [0.15, 0.2) is 18.2 Å². The number of carbonyl (C=O) groups is 3. The Morgan fingerprint density at radius 3 is 1.67 bits per heavy atom. The van der Waals surface area contributed by atoms with Crippen LogP contribution in [0.15, 0.2) is 11.6 Å². The minimum atomic E-state index is -2.54. The summed E-state index contributed by atoms with van der Waals surface area (Å²) in [5, 5.41) is 80.2. The van der Waals surface area contributed by atoms with Gasteiger partial charge >= 0.3 is 11.9 Å². The van der Waals surface area contributed by atoms with E-state index in [0.29, 0.717) is 18.9 Å². The standard InChI is InChI=1S/C34H58O15/c1-2-3-4-5-6-7-8-9-10-11-12-13-14-15-16-17-23(38)22(32(44)45)18-26(39)47-31-28(41)25(20-36)48-34(31,21-37)49-33-30(43)29(42)27(40)24(19-35)46-33/h18,24-25,27-31,33,35-37,40-43H,2-17,19-21H2,1H3,(H,44,45)/b22-18+/t24-,25-,27-,28-,29+,30-,31+,33-,34+/m1/s1. The van der Waals surface area contributed by atoms with Gasteiger partial charge in [0, 0.05) is 12.5 Å². The van der Waals surface area contributed by atoms with Gasteiger partial charge in [0.2, 0.25) is 5.79 Å². The predicted octanol–water partition coefficient (Wildman–Crippen LogP) is 0.997. The van der Waals surface area contributed by atoms with Crippen LogP contribution in [0.1, 0.15) is 110 Å². The second-order valence-corrected chi connectivity index (χ2v) is 13.0. The molecular weight excluding hydrogens is 648 g/mol. The van der Waals surface area contributed by atoms with E-state index in [-0.39, 0.29) is 6.42 Å². The van der Waals surface area contributed by atoms with Crippen molar-refractivity contribution in [3.8, 4) is 0 Å². The third kappa shape index (κ3) is 13.2. The molecule has 0 unspecified atom stereocenters. The molecule has 15 nitrogen and oxygen atoms in total. The van der Waals surface area contributed by atoms with Crippen molar-refractivity contribution in [2.45, 2.75) is 164 Å². The van der Waals surface area contributed by atoms with Gasteiger partial charge in [-0.2, -0.15) is 0 Å². The van der Waals surface area contributed by atoms with Gasteiger partial charge in [0.05, 0.1) is 13.2 Å². The molecule has 2 heterocycles. The predicted molar refractivity (Wildman–Crippen MR) is 173 cm³/mol. The summed E-state index contributed by atoms with van der Waals surface area (Å²) in [6.45, 7) is -0.631. The van der Waals surface area contributed by atoms with Gasteiger partial charge < -0.3 is 59.8 Å². The largest absolute Gasteiger partial charge is 0.478 e. The Morgan fingerprint density at radius 1 is 0.694 bits per heavy atom. The number of rotatable bonds is 25. The molecule has 15 heteroatoms. The van der Waals surface area contributed by atoms with Crippen LogP contribution in [0.25, 0.3) is 0 Å². The molecule has 9 atom stereocenters. The van der Waals surface area contributed by atoms with Crippen LogP contribution in [-0.4, -0.2) is 133 Å². The second-order valence-electron chi connectivity index (χ2n) is 13.0. The highest BCUT2D eigenvalue weighted by Gasteiger charge is 2.60. The Morgan fingerprint density at radius 2 is 1.20 bits per heavy atom. The molecule has 0 aromatic heterocycles. The molecule has 8 N–H and O–H groups in total. The van der Waals surface area contributed by atoms with Crippen LogP contribution in [0.2, 0.25) is 0 Å². The number of ether oxygens (including phenoxy) is 4. The Labute approximate surface area is 287 Å². The molecule has 0 aliphatic carbocycles. The first kappa shape index (κ1) is 43.1. The number of ketones is 1. The van der Waals surface area contributed by atoms with Crippen molar-refractivity contribution < 1.29 is 74.2 Å². The minimum absolute atomic E-state index is 0.119. The number of esters is 1. The zero-order valence-corrected chi connectivity index (χ0v) is 28.6. The van der Waals surface area contributed by atoms with Crippen LogP contribution < -0.4 is 0 Å². The van der Waals surface area contributed by atoms with Gasteiger partial charge in [-0.15, -0.1) is 0 Å². The maximum Gasteiger partial charge on any atom is 0.339 e. The molecule has 2 fully saturated rings. The lowest BCUT2D eigenvalue weighted by molar-refractivity contribution is -0.383. The minimum Gasteiger partial charge on any atom is -0.478 e. The van der Waals surface area contributed by atoms with Crippen LogP contribution in [0.5, 0.6) is 0 Å². The van der Waals surface area contributed by atoms with Crippen molar-refractivity contribution in [3.63, 3.8) is 0 Å². The van der Waals surface area contributed by atoms with E-state index < -0.39 is 97.9 Å². The van der Waals surface area contributed by atoms with Crippen molar-refractivity contribution in [1.82, 2.24) is 0 Å². The average Bonchev–Trinajstić information content (AvgIpc) is 3.35. The van der Waals surface area contributed by atoms with Gasteiger partial charge in [0.25, 0.3) is 0 Å². The summed E-state index contributed by atoms with van der Waals surface area (Å²) in [6, 6.07) is 0. The maximum atomic E-state index is 12.9. The highest BCUT2D eigenvalue weighted by Crippen LogP contribution is 2.38. The fourth-order valence-corrected chi connectivity index (χ4v) is 6.10. The van der Waals surface area contributed by atoms with Crippen molar-refractivity contribution in [2.75, 3.05) is 19.8 Å². The van der Waals surface area contributed by atoms with Crippen LogP contribution in [0, 0.1) is 0 Å². The Kier molecular flexibility index (Phi) is 20.0. The number of aliphatic hydroxyl groups is 7. The van der Waals surface area contributed by atoms with Crippen molar-refractivity contribution in [1.29, 1.82) is 0 Å². The zero-order chi connectivity index (χ0) is 36.4. The molecule has 284 valence electrons. The molecule has 0 saturated carbocycles. The summed E-state index contributed by atoms with van der Waals surface area (Å²) in [7, 11) is 0. The van der Waals surface area contributed by atoms with Crippen molar-refractivity contribution >= 4 is 17.7 Å². The van der Waals surface area contributed by atoms with Crippen LogP contribution >= 0.6 is 0 Å². The van der Waals surface area contributed by atoms with E-state index in [1.54, 1.807) is 0 Å². The average molecular weight is 707 g/mol. The second kappa shape index (κ2) is 22.7. The van der Waals surface area contributed by atoms with Crippen LogP contribution in [0.3, 0.4) is 0 Å². The fraction of sp³-hybridized carbons (Fsp3) is 0.853. The van der Waals surface area contributed by atoms with Gasteiger partial charge in [-0.25, -0.2) is 9.59 Å². The summed E-state index contributed by atoms with van der Waals surface area (Å²) in [5.41, 5.74) is -0.855. The molecule has 2 rings (SSSR count). The van der Waals surface area contributed by atoms with E-state index in [1.807, 2.05) is 0 Å². The number of carboxylic acids is 1. The molecule has 2 aliphatic rings. The van der Waals surface area contributed by atoms with E-state index in [9.17, 15) is 55.2 Å². The van der Waals surface area contributed by atoms with Gasteiger partial charge in [0.1, 0.15) is 48.8 Å². The van der Waals surface area contributed by atoms with E-state index in [1.165, 1.54) is 57.8 Å². The fourth-order valence-electron chi connectivity index (χ4n) is 6.10. The van der Waals surface area contributed by atoms with Crippen LogP contribution in [-0.2, 0) is 33.3 Å². The van der Waals surface area contributed by atoms with Gasteiger partial charge in [-0.3, -0.25) is 4.79 Å². The molecule has 49 heavy (non-hydrogen) atoms. The quantitative estimate of drug-likeness (QED) is 0.0217. The summed E-state index contributed by atoms with van der Waals surface area (Å²) in [5.74, 6) is -6.43. The summed E-state index contributed by atoms with van der Waals surface area (Å²) >= 11 is 0. The number of aliphatic hydroxyl groups excluding tert-OH is 7. The SMILES string of the molecule is CCCCCCCCCCCCCCCCCC(=O)/C(=C\C(=O)O[C@H]1[C@H](O)[C@@H](CO)O[C@@]1(CO)O[C@H]1O[C@H](CO)[C@@H](O)[C@H](O)[C@H]1O)C(=O)O. The lowest BCUT2D eigenvalue weighted by Crippen LogP contribution is -2.63. The maximum absolute atomic E-state index is 12.9. The smallest absolute Gasteiger partial charge is 0.339 e.